The molecule has 0 amide bonds. The number of unbranched alkanes of at least 4 members (excludes halogenated alkanes) is 2. The summed E-state index contributed by atoms with van der Waals surface area (Å²) < 4.78 is 0. The van der Waals surface area contributed by atoms with Crippen molar-refractivity contribution in [1.82, 2.24) is 0 Å². The number of hydrogen-bond acceptors (Lipinski definition) is 5. The van der Waals surface area contributed by atoms with Crippen LogP contribution in [0.15, 0.2) is 0 Å². The fraction of sp³-hybridized carbons (Fsp3) is 0.833. The maximum absolute atomic E-state index is 8.38. The Bertz CT molecular complexity index is 119. The first-order valence-electron chi connectivity index (χ1n) is 3.74. The molecule has 0 aromatic carbocycles. The van der Waals surface area contributed by atoms with Crippen molar-refractivity contribution in [1.29, 1.82) is 0 Å². The summed E-state index contributed by atoms with van der Waals surface area (Å²) in [6.07, 6.45) is 3.55. The largest absolute Gasteiger partial charge is 0.451 e. The average Bonchev–Trinajstić information content (AvgIpc) is 1.99. The summed E-state index contributed by atoms with van der Waals surface area (Å²) in [7, 11) is -1.14. The third-order valence-electron chi connectivity index (χ3n) is 1.17. The lowest BCUT2D eigenvalue weighted by Gasteiger charge is -1.96. The lowest BCUT2D eigenvalue weighted by atomic mass is 9.83. The van der Waals surface area contributed by atoms with Crippen LogP contribution < -0.4 is 5.73 Å². The minimum Gasteiger partial charge on any atom is -0.427 e. The topological polar surface area (TPSA) is 101 Å². The number of nitrogens with two attached hydrogens (primary N) is 1. The van der Waals surface area contributed by atoms with Crippen molar-refractivity contribution in [3.8, 4) is 0 Å². The molecule has 4 N–H and O–H groups in total. The maximum Gasteiger partial charge on any atom is 0.451 e. The molecule has 0 rings (SSSR count). The van der Waals surface area contributed by atoms with Crippen LogP contribution in [0.5, 0.6) is 0 Å². The molecule has 0 aliphatic rings. The zero-order chi connectivity index (χ0) is 9.82. The second kappa shape index (κ2) is 17.7. The summed E-state index contributed by atoms with van der Waals surface area (Å²) in [6.45, 7) is 0.696. The lowest BCUT2D eigenvalue weighted by molar-refractivity contribution is -0.191. The fourth-order valence-corrected chi connectivity index (χ4v) is 0.648. The van der Waals surface area contributed by atoms with E-state index in [0.717, 1.165) is 19.3 Å². The van der Waals surface area contributed by atoms with Crippen molar-refractivity contribution in [2.24, 2.45) is 5.73 Å². The Labute approximate surface area is 84.9 Å². The first kappa shape index (κ1) is 18.5. The lowest BCUT2D eigenvalue weighted by Crippen LogP contribution is -2.09. The van der Waals surface area contributed by atoms with Gasteiger partial charge in [-0.25, -0.2) is 0 Å². The van der Waals surface area contributed by atoms with Gasteiger partial charge in [-0.15, -0.1) is 0 Å². The van der Waals surface area contributed by atoms with Crippen molar-refractivity contribution < 1.29 is 19.6 Å². The molecule has 0 heterocycles. The Balaban J connectivity index is -0.000000220. The predicted molar refractivity (Wildman–Crippen MR) is 53.3 cm³/mol. The third-order valence-corrected chi connectivity index (χ3v) is 1.17. The van der Waals surface area contributed by atoms with Gasteiger partial charge in [-0.05, 0) is 19.3 Å². The molecule has 0 bridgehead atoms. The van der Waals surface area contributed by atoms with E-state index in [9.17, 15) is 0 Å². The highest BCUT2D eigenvalue weighted by molar-refractivity contribution is 7.59. The van der Waals surface area contributed by atoms with Gasteiger partial charge in [0.2, 0.25) is 0 Å². The molecule has 7 heteroatoms. The maximum atomic E-state index is 8.38. The highest BCUT2D eigenvalue weighted by atomic mass is 32.1. The van der Waals surface area contributed by atoms with Gasteiger partial charge < -0.3 is 15.8 Å². The zero-order valence-corrected chi connectivity index (χ0v) is 8.40. The zero-order valence-electron chi connectivity index (χ0n) is 7.40. The fourth-order valence-electron chi connectivity index (χ4n) is 0.648. The molecule has 0 unspecified atom stereocenters. The van der Waals surface area contributed by atoms with Crippen molar-refractivity contribution in [2.45, 2.75) is 25.6 Å². The molecule has 0 fully saturated rings. The van der Waals surface area contributed by atoms with E-state index in [2.05, 4.69) is 0 Å². The van der Waals surface area contributed by atoms with Gasteiger partial charge in [0.25, 0.3) is 0 Å². The minimum atomic E-state index is -1.14. The molecule has 5 nitrogen and oxygen atoms in total. The third kappa shape index (κ3) is 33.9. The van der Waals surface area contributed by atoms with Crippen LogP contribution in [0, 0.1) is 0 Å². The van der Waals surface area contributed by atoms with Crippen LogP contribution >= 0.6 is 13.5 Å². The van der Waals surface area contributed by atoms with Crippen LogP contribution in [0.25, 0.3) is 0 Å². The predicted octanol–water partition coefficient (Wildman–Crippen LogP) is -0.882. The van der Waals surface area contributed by atoms with E-state index in [0.29, 0.717) is 12.9 Å². The van der Waals surface area contributed by atoms with E-state index in [1.807, 2.05) is 0 Å². The molecule has 0 saturated carbocycles. The van der Waals surface area contributed by atoms with E-state index in [-0.39, 0.29) is 19.6 Å². The molecule has 0 atom stereocenters. The van der Waals surface area contributed by atoms with Crippen LogP contribution in [0.4, 0.5) is 0 Å². The molecular weight excluding hydrogens is 193 g/mol. The Hall–Kier alpha value is -0.325. The highest BCUT2D eigenvalue weighted by Crippen LogP contribution is 1.99. The Morgan fingerprint density at radius 1 is 1.15 bits per heavy atom. The molecule has 0 aliphatic heterocycles. The van der Waals surface area contributed by atoms with E-state index >= 15 is 0 Å². The first-order chi connectivity index (χ1) is 5.68. The Morgan fingerprint density at radius 2 is 1.62 bits per heavy atom. The molecular formula is C6H16BNO4S. The van der Waals surface area contributed by atoms with Gasteiger partial charge in [0.15, 0.2) is 0 Å². The molecule has 0 aromatic heterocycles. The number of carbonyl (C=O) groups excluding carboxylic acids is 2. The second-order valence-corrected chi connectivity index (χ2v) is 2.20. The summed E-state index contributed by atoms with van der Waals surface area (Å²) in [5.41, 5.74) is 5.22. The van der Waals surface area contributed by atoms with Crippen LogP contribution in [0.1, 0.15) is 19.3 Å². The average molecular weight is 209 g/mol. The van der Waals surface area contributed by atoms with E-state index in [1.165, 1.54) is 0 Å². The highest BCUT2D eigenvalue weighted by Gasteiger charge is 2.03. The van der Waals surface area contributed by atoms with Gasteiger partial charge in [0.1, 0.15) is 0 Å². The minimum absolute atomic E-state index is 0. The quantitative estimate of drug-likeness (QED) is 0.403. The molecule has 0 spiro atoms. The Morgan fingerprint density at radius 3 is 1.92 bits per heavy atom. The molecule has 0 radical (unpaired) electrons. The molecule has 0 aromatic rings. The normalized spacial score (nSPS) is 7.31. The summed E-state index contributed by atoms with van der Waals surface area (Å²) in [5, 5.41) is 16.8. The van der Waals surface area contributed by atoms with Gasteiger partial charge in [-0.2, -0.15) is 23.1 Å². The van der Waals surface area contributed by atoms with Gasteiger partial charge in [-0.3, -0.25) is 0 Å². The van der Waals surface area contributed by atoms with Crippen LogP contribution in [-0.2, 0) is 9.59 Å². The molecule has 13 heavy (non-hydrogen) atoms. The summed E-state index contributed by atoms with van der Waals surface area (Å²) in [5.74, 6) is 0. The summed E-state index contributed by atoms with van der Waals surface area (Å²) in [4.78, 5) is 16.2. The summed E-state index contributed by atoms with van der Waals surface area (Å²) in [6, 6.07) is 0. The van der Waals surface area contributed by atoms with Crippen LogP contribution in [0.3, 0.4) is 0 Å². The van der Waals surface area contributed by atoms with E-state index < -0.39 is 7.12 Å². The van der Waals surface area contributed by atoms with Crippen molar-refractivity contribution in [3.63, 3.8) is 0 Å². The van der Waals surface area contributed by atoms with Crippen molar-refractivity contribution in [2.75, 3.05) is 6.54 Å². The van der Waals surface area contributed by atoms with Gasteiger partial charge in [0, 0.05) is 0 Å². The Kier molecular flexibility index (Phi) is 25.1. The smallest absolute Gasteiger partial charge is 0.427 e. The number of hydrogen-bond donors (Lipinski definition) is 3. The SMILES string of the molecule is NCCCCCB(O)O.O=C=O.S. The van der Waals surface area contributed by atoms with Crippen molar-refractivity contribution >= 4 is 26.8 Å². The molecule has 78 valence electrons. The first-order valence-corrected chi connectivity index (χ1v) is 3.74. The molecule has 0 aliphatic carbocycles. The van der Waals surface area contributed by atoms with E-state index in [4.69, 9.17) is 25.4 Å². The van der Waals surface area contributed by atoms with Crippen LogP contribution in [0.2, 0.25) is 6.32 Å². The van der Waals surface area contributed by atoms with Crippen molar-refractivity contribution in [3.05, 3.63) is 0 Å². The van der Waals surface area contributed by atoms with Gasteiger partial charge >= 0.3 is 13.3 Å². The standard InChI is InChI=1S/C5H14BNO2.CO2.H2S/c7-5-3-1-2-4-6(8)9;2-1-3;/h8-9H,1-5,7H2;;1H2. The molecule has 0 saturated heterocycles. The van der Waals surface area contributed by atoms with Crippen LogP contribution in [-0.4, -0.2) is 29.9 Å². The second-order valence-electron chi connectivity index (χ2n) is 2.20. The monoisotopic (exact) mass is 209 g/mol. The van der Waals surface area contributed by atoms with Gasteiger partial charge in [0.05, 0.1) is 0 Å². The van der Waals surface area contributed by atoms with E-state index in [1.54, 1.807) is 0 Å². The van der Waals surface area contributed by atoms with Gasteiger partial charge in [-0.1, -0.05) is 12.8 Å². The summed E-state index contributed by atoms with van der Waals surface area (Å²) >= 11 is 0. The number of rotatable bonds is 5.